The summed E-state index contributed by atoms with van der Waals surface area (Å²) in [6, 6.07) is 10.3. The lowest BCUT2D eigenvalue weighted by Gasteiger charge is -2.30. The predicted molar refractivity (Wildman–Crippen MR) is 128 cm³/mol. The Kier molecular flexibility index (Phi) is 6.61. The fourth-order valence-electron chi connectivity index (χ4n) is 4.04. The van der Waals surface area contributed by atoms with Crippen LogP contribution in [0.25, 0.3) is 10.2 Å². The van der Waals surface area contributed by atoms with Crippen LogP contribution in [0.5, 0.6) is 5.75 Å². The van der Waals surface area contributed by atoms with Crippen LogP contribution in [0.2, 0.25) is 0 Å². The zero-order chi connectivity index (χ0) is 21.8. The molecule has 0 bridgehead atoms. The Morgan fingerprint density at radius 3 is 2.81 bits per heavy atom. The van der Waals surface area contributed by atoms with Crippen molar-refractivity contribution in [2.45, 2.75) is 39.5 Å². The molecule has 1 saturated heterocycles. The summed E-state index contributed by atoms with van der Waals surface area (Å²) >= 11 is 1.35. The predicted octanol–water partition coefficient (Wildman–Crippen LogP) is 4.55. The van der Waals surface area contributed by atoms with E-state index in [0.29, 0.717) is 23.7 Å². The van der Waals surface area contributed by atoms with E-state index in [0.717, 1.165) is 46.7 Å². The number of pyridine rings is 1. The highest BCUT2D eigenvalue weighted by molar-refractivity contribution is 7.21. The molecular weight excluding hydrogens is 408 g/mol. The fourth-order valence-corrected chi connectivity index (χ4v) is 5.10. The van der Waals surface area contributed by atoms with Gasteiger partial charge in [0.2, 0.25) is 0 Å². The van der Waals surface area contributed by atoms with Gasteiger partial charge in [-0.05, 0) is 69.4 Å². The van der Waals surface area contributed by atoms with Crippen LogP contribution in [-0.2, 0) is 6.42 Å². The van der Waals surface area contributed by atoms with Gasteiger partial charge in [0.25, 0.3) is 5.91 Å². The van der Waals surface area contributed by atoms with Gasteiger partial charge in [0.15, 0.2) is 0 Å². The molecule has 1 amide bonds. The number of nitrogens with one attached hydrogen (secondary N) is 1. The number of thiophene rings is 1. The van der Waals surface area contributed by atoms with Crippen molar-refractivity contribution in [1.82, 2.24) is 10.3 Å². The van der Waals surface area contributed by atoms with Crippen molar-refractivity contribution in [3.8, 4) is 5.75 Å². The number of benzene rings is 1. The molecule has 1 fully saturated rings. The number of aromatic nitrogens is 1. The van der Waals surface area contributed by atoms with Crippen molar-refractivity contribution in [3.05, 3.63) is 46.5 Å². The number of aryl methyl sites for hydroxylation is 1. The number of nitrogen functional groups attached to an aromatic ring is 1. The molecule has 6 nitrogen and oxygen atoms in total. The number of nitrogens with zero attached hydrogens (tertiary/aromatic N) is 2. The number of rotatable bonds is 7. The van der Waals surface area contributed by atoms with Crippen LogP contribution in [0.15, 0.2) is 30.3 Å². The molecule has 0 spiro atoms. The van der Waals surface area contributed by atoms with E-state index in [1.807, 2.05) is 26.0 Å². The Hall–Kier alpha value is -2.80. The van der Waals surface area contributed by atoms with Crippen molar-refractivity contribution in [3.63, 3.8) is 0 Å². The molecule has 3 aromatic rings. The Morgan fingerprint density at radius 2 is 2.03 bits per heavy atom. The molecular formula is C24H30N4O2S. The first kappa shape index (κ1) is 21.4. The van der Waals surface area contributed by atoms with Crippen molar-refractivity contribution in [2.75, 3.05) is 36.9 Å². The second-order valence-corrected chi connectivity index (χ2v) is 8.94. The van der Waals surface area contributed by atoms with E-state index < -0.39 is 0 Å². The minimum Gasteiger partial charge on any atom is -0.492 e. The minimum atomic E-state index is -0.145. The summed E-state index contributed by atoms with van der Waals surface area (Å²) in [5, 5.41) is 3.85. The first-order valence-corrected chi connectivity index (χ1v) is 11.8. The average Bonchev–Trinajstić information content (AvgIpc) is 3.10. The van der Waals surface area contributed by atoms with Crippen molar-refractivity contribution >= 4 is 38.8 Å². The molecule has 0 aliphatic carbocycles. The molecule has 0 radical (unpaired) electrons. The van der Waals surface area contributed by atoms with E-state index >= 15 is 0 Å². The monoisotopic (exact) mass is 438 g/mol. The molecule has 1 aliphatic heterocycles. The van der Waals surface area contributed by atoms with Gasteiger partial charge in [-0.3, -0.25) is 4.79 Å². The standard InChI is InChI=1S/C24H30N4O2S/c1-3-30-20-15-17(8-10-19(20)28-13-5-4-6-14-28)11-12-26-23(29)22-21(25)18-9-7-16(2)27-24(18)31-22/h7-10,15H,3-6,11-14,25H2,1-2H3,(H,26,29). The van der Waals surface area contributed by atoms with E-state index in [1.165, 1.54) is 36.3 Å². The quantitative estimate of drug-likeness (QED) is 0.566. The van der Waals surface area contributed by atoms with E-state index in [4.69, 9.17) is 10.5 Å². The van der Waals surface area contributed by atoms with Crippen LogP contribution in [0, 0.1) is 6.92 Å². The summed E-state index contributed by atoms with van der Waals surface area (Å²) in [4.78, 5) is 20.9. The smallest absolute Gasteiger partial charge is 0.263 e. The molecule has 164 valence electrons. The molecule has 1 aromatic carbocycles. The van der Waals surface area contributed by atoms with Crippen molar-refractivity contribution in [1.29, 1.82) is 0 Å². The molecule has 4 rings (SSSR count). The van der Waals surface area contributed by atoms with Crippen LogP contribution in [-0.4, -0.2) is 37.1 Å². The lowest BCUT2D eigenvalue weighted by molar-refractivity contribution is 0.0959. The van der Waals surface area contributed by atoms with Gasteiger partial charge in [0.1, 0.15) is 15.5 Å². The number of hydrogen-bond acceptors (Lipinski definition) is 6. The molecule has 31 heavy (non-hydrogen) atoms. The third kappa shape index (κ3) is 4.77. The zero-order valence-electron chi connectivity index (χ0n) is 18.2. The molecule has 0 unspecified atom stereocenters. The van der Waals surface area contributed by atoms with Gasteiger partial charge in [-0.2, -0.15) is 0 Å². The Labute approximate surface area is 187 Å². The lowest BCUT2D eigenvalue weighted by atomic mass is 10.1. The van der Waals surface area contributed by atoms with Crippen LogP contribution in [0.4, 0.5) is 11.4 Å². The van der Waals surface area contributed by atoms with Crippen LogP contribution < -0.4 is 20.7 Å². The topological polar surface area (TPSA) is 80.5 Å². The number of fused-ring (bicyclic) bond motifs is 1. The maximum absolute atomic E-state index is 12.7. The number of amides is 1. The Morgan fingerprint density at radius 1 is 1.23 bits per heavy atom. The maximum Gasteiger partial charge on any atom is 0.263 e. The molecule has 1 aliphatic rings. The Balaban J connectivity index is 1.41. The minimum absolute atomic E-state index is 0.145. The van der Waals surface area contributed by atoms with E-state index in [1.54, 1.807) is 0 Å². The fraction of sp³-hybridized carbons (Fsp3) is 0.417. The van der Waals surface area contributed by atoms with Gasteiger partial charge in [-0.1, -0.05) is 6.07 Å². The SMILES string of the molecule is CCOc1cc(CCNC(=O)c2sc3nc(C)ccc3c2N)ccc1N1CCCCC1. The third-order valence-corrected chi connectivity index (χ3v) is 6.77. The van der Waals surface area contributed by atoms with E-state index in [9.17, 15) is 4.79 Å². The lowest BCUT2D eigenvalue weighted by Crippen LogP contribution is -2.29. The molecule has 7 heteroatoms. The highest BCUT2D eigenvalue weighted by Gasteiger charge is 2.18. The van der Waals surface area contributed by atoms with E-state index in [-0.39, 0.29) is 5.91 Å². The van der Waals surface area contributed by atoms with Gasteiger partial charge in [0, 0.05) is 30.7 Å². The maximum atomic E-state index is 12.7. The first-order valence-electron chi connectivity index (χ1n) is 11.0. The van der Waals surface area contributed by atoms with Gasteiger partial charge < -0.3 is 20.7 Å². The average molecular weight is 439 g/mol. The van der Waals surface area contributed by atoms with Crippen LogP contribution >= 0.6 is 11.3 Å². The number of nitrogens with two attached hydrogens (primary N) is 1. The number of carbonyl (C=O) groups excluding carboxylic acids is 1. The summed E-state index contributed by atoms with van der Waals surface area (Å²) in [5.41, 5.74) is 9.95. The van der Waals surface area contributed by atoms with Crippen LogP contribution in [0.3, 0.4) is 0 Å². The zero-order valence-corrected chi connectivity index (χ0v) is 19.1. The summed E-state index contributed by atoms with van der Waals surface area (Å²) in [6.45, 7) is 7.29. The van der Waals surface area contributed by atoms with Gasteiger partial charge >= 0.3 is 0 Å². The van der Waals surface area contributed by atoms with Gasteiger partial charge in [0.05, 0.1) is 18.0 Å². The summed E-state index contributed by atoms with van der Waals surface area (Å²) < 4.78 is 5.94. The molecule has 3 N–H and O–H groups in total. The normalized spacial score (nSPS) is 14.1. The van der Waals surface area contributed by atoms with Gasteiger partial charge in [-0.25, -0.2) is 4.98 Å². The van der Waals surface area contributed by atoms with Crippen molar-refractivity contribution in [2.24, 2.45) is 0 Å². The molecule has 0 saturated carbocycles. The number of anilines is 2. The molecule has 2 aromatic heterocycles. The number of hydrogen-bond donors (Lipinski definition) is 2. The van der Waals surface area contributed by atoms with Crippen LogP contribution in [0.1, 0.15) is 47.1 Å². The largest absolute Gasteiger partial charge is 0.492 e. The molecule has 3 heterocycles. The second kappa shape index (κ2) is 9.56. The number of piperidine rings is 1. The first-order chi connectivity index (χ1) is 15.1. The van der Waals surface area contributed by atoms with Crippen molar-refractivity contribution < 1.29 is 9.53 Å². The molecule has 0 atom stereocenters. The van der Waals surface area contributed by atoms with Gasteiger partial charge in [-0.15, -0.1) is 11.3 Å². The van der Waals surface area contributed by atoms with E-state index in [2.05, 4.69) is 33.4 Å². The summed E-state index contributed by atoms with van der Waals surface area (Å²) in [7, 11) is 0. The summed E-state index contributed by atoms with van der Waals surface area (Å²) in [6.07, 6.45) is 4.50. The highest BCUT2D eigenvalue weighted by Crippen LogP contribution is 2.33. The second-order valence-electron chi connectivity index (χ2n) is 7.94. The summed E-state index contributed by atoms with van der Waals surface area (Å²) in [5.74, 6) is 0.788. The third-order valence-electron chi connectivity index (χ3n) is 5.66. The Bertz CT molecular complexity index is 1070. The number of carbonyl (C=O) groups is 1. The highest BCUT2D eigenvalue weighted by atomic mass is 32.1. The number of ether oxygens (including phenoxy) is 1.